The van der Waals surface area contributed by atoms with E-state index >= 15 is 0 Å². The van der Waals surface area contributed by atoms with Crippen LogP contribution in [0, 0.1) is 31.6 Å². The Bertz CT molecular complexity index is 691. The summed E-state index contributed by atoms with van der Waals surface area (Å²) in [7, 11) is 1.94. The van der Waals surface area contributed by atoms with E-state index in [4.69, 9.17) is 4.74 Å². The summed E-state index contributed by atoms with van der Waals surface area (Å²) in [6, 6.07) is 0. The third-order valence-corrected chi connectivity index (χ3v) is 6.24. The zero-order chi connectivity index (χ0) is 19.6. The van der Waals surface area contributed by atoms with Crippen LogP contribution in [0.4, 0.5) is 0 Å². The van der Waals surface area contributed by atoms with Gasteiger partial charge in [-0.2, -0.15) is 5.10 Å². The van der Waals surface area contributed by atoms with Crippen molar-refractivity contribution in [1.29, 1.82) is 0 Å². The summed E-state index contributed by atoms with van der Waals surface area (Å²) in [5, 5.41) is 4.50. The van der Waals surface area contributed by atoms with Gasteiger partial charge in [0.05, 0.1) is 18.2 Å². The molecule has 1 amide bonds. The second-order valence-electron chi connectivity index (χ2n) is 8.18. The van der Waals surface area contributed by atoms with E-state index < -0.39 is 0 Å². The number of carbonyl (C=O) groups is 2. The van der Waals surface area contributed by atoms with Crippen molar-refractivity contribution >= 4 is 11.9 Å². The maximum atomic E-state index is 13.3. The summed E-state index contributed by atoms with van der Waals surface area (Å²) in [5.74, 6) is 0.473. The smallest absolute Gasteiger partial charge is 0.309 e. The Morgan fingerprint density at radius 2 is 1.93 bits per heavy atom. The average molecular weight is 376 g/mol. The highest BCUT2D eigenvalue weighted by atomic mass is 16.5. The Hall–Kier alpha value is -1.85. The average Bonchev–Trinajstić information content (AvgIpc) is 3.39. The number of hydrogen-bond donors (Lipinski definition) is 0. The Labute approximate surface area is 162 Å². The van der Waals surface area contributed by atoms with Gasteiger partial charge >= 0.3 is 5.97 Å². The maximum Gasteiger partial charge on any atom is 0.309 e. The van der Waals surface area contributed by atoms with Crippen molar-refractivity contribution in [1.82, 2.24) is 14.7 Å². The highest BCUT2D eigenvalue weighted by Gasteiger charge is 2.46. The molecule has 0 bridgehead atoms. The molecule has 0 spiro atoms. The molecule has 150 valence electrons. The quantitative estimate of drug-likeness (QED) is 0.687. The molecule has 2 atom stereocenters. The van der Waals surface area contributed by atoms with Gasteiger partial charge in [-0.25, -0.2) is 0 Å². The van der Waals surface area contributed by atoms with Crippen molar-refractivity contribution in [2.24, 2.45) is 24.8 Å². The fourth-order valence-corrected chi connectivity index (χ4v) is 4.35. The lowest BCUT2D eigenvalue weighted by Crippen LogP contribution is -2.38. The van der Waals surface area contributed by atoms with Crippen LogP contribution in [0.5, 0.6) is 0 Å². The first-order valence-corrected chi connectivity index (χ1v) is 10.4. The molecule has 2 saturated carbocycles. The summed E-state index contributed by atoms with van der Waals surface area (Å²) in [6.45, 7) is 7.55. The lowest BCUT2D eigenvalue weighted by Gasteiger charge is -2.30. The SMILES string of the molecule is CCOC(=O)[C@H]1C[C@@H]1CN(Cc1c(C)nn(C)c1C)C(=O)C1CCCCC1. The first-order valence-electron chi connectivity index (χ1n) is 10.4. The van der Waals surface area contributed by atoms with Crippen LogP contribution in [0.2, 0.25) is 0 Å². The van der Waals surface area contributed by atoms with Crippen LogP contribution in [-0.4, -0.2) is 39.7 Å². The molecule has 0 unspecified atom stereocenters. The normalized spacial score (nSPS) is 22.5. The Morgan fingerprint density at radius 3 is 2.52 bits per heavy atom. The van der Waals surface area contributed by atoms with Gasteiger partial charge in [-0.1, -0.05) is 19.3 Å². The lowest BCUT2D eigenvalue weighted by atomic mass is 9.88. The Morgan fingerprint density at radius 1 is 1.22 bits per heavy atom. The van der Waals surface area contributed by atoms with Gasteiger partial charge in [0.2, 0.25) is 5.91 Å². The standard InChI is InChI=1S/C21H33N3O3/c1-5-27-21(26)18-11-17(18)12-24(20(25)16-9-7-6-8-10-16)13-19-14(2)22-23(4)15(19)3/h16-18H,5-13H2,1-4H3/t17-,18+/m1/s1. The highest BCUT2D eigenvalue weighted by Crippen LogP contribution is 2.41. The number of ether oxygens (including phenoxy) is 1. The number of esters is 1. The highest BCUT2D eigenvalue weighted by molar-refractivity contribution is 5.80. The molecule has 0 N–H and O–H groups in total. The first kappa shape index (κ1) is 19.9. The van der Waals surface area contributed by atoms with Gasteiger partial charge in [0.25, 0.3) is 0 Å². The minimum Gasteiger partial charge on any atom is -0.466 e. The van der Waals surface area contributed by atoms with E-state index in [-0.39, 0.29) is 29.6 Å². The molecule has 6 heteroatoms. The molecule has 6 nitrogen and oxygen atoms in total. The molecule has 1 heterocycles. The molecule has 0 radical (unpaired) electrons. The zero-order valence-corrected chi connectivity index (χ0v) is 17.2. The van der Waals surface area contributed by atoms with Gasteiger partial charge in [0, 0.05) is 37.3 Å². The van der Waals surface area contributed by atoms with E-state index in [1.54, 1.807) is 0 Å². The maximum absolute atomic E-state index is 13.3. The molecule has 0 saturated heterocycles. The van der Waals surface area contributed by atoms with Crippen molar-refractivity contribution < 1.29 is 14.3 Å². The zero-order valence-electron chi connectivity index (χ0n) is 17.2. The number of amides is 1. The number of aryl methyl sites for hydroxylation is 2. The molecular formula is C21H33N3O3. The largest absolute Gasteiger partial charge is 0.466 e. The van der Waals surface area contributed by atoms with Gasteiger partial charge < -0.3 is 9.64 Å². The molecule has 1 aromatic rings. The van der Waals surface area contributed by atoms with Crippen molar-refractivity contribution in [3.8, 4) is 0 Å². The minimum atomic E-state index is -0.110. The van der Waals surface area contributed by atoms with Gasteiger partial charge in [-0.05, 0) is 46.0 Å². The van der Waals surface area contributed by atoms with E-state index in [0.717, 1.165) is 49.1 Å². The fourth-order valence-electron chi connectivity index (χ4n) is 4.35. The third-order valence-electron chi connectivity index (χ3n) is 6.24. The van der Waals surface area contributed by atoms with E-state index in [2.05, 4.69) is 12.0 Å². The van der Waals surface area contributed by atoms with Crippen LogP contribution < -0.4 is 0 Å². The molecule has 3 rings (SSSR count). The summed E-state index contributed by atoms with van der Waals surface area (Å²) >= 11 is 0. The predicted molar refractivity (Wildman–Crippen MR) is 103 cm³/mol. The molecule has 1 aromatic heterocycles. The number of aromatic nitrogens is 2. The Kier molecular flexibility index (Phi) is 6.22. The number of nitrogens with zero attached hydrogens (tertiary/aromatic N) is 3. The molecule has 0 aliphatic heterocycles. The molecule has 2 fully saturated rings. The summed E-state index contributed by atoms with van der Waals surface area (Å²) in [6.07, 6.45) is 6.34. The molecular weight excluding hydrogens is 342 g/mol. The number of carbonyl (C=O) groups excluding carboxylic acids is 2. The van der Waals surface area contributed by atoms with Crippen molar-refractivity contribution in [2.45, 2.75) is 65.8 Å². The lowest BCUT2D eigenvalue weighted by molar-refractivity contribution is -0.145. The van der Waals surface area contributed by atoms with Crippen LogP contribution in [0.25, 0.3) is 0 Å². The summed E-state index contributed by atoms with van der Waals surface area (Å²) in [4.78, 5) is 27.3. The van der Waals surface area contributed by atoms with Gasteiger partial charge in [0.1, 0.15) is 0 Å². The molecule has 0 aromatic carbocycles. The van der Waals surface area contributed by atoms with Crippen molar-refractivity contribution in [3.05, 3.63) is 17.0 Å². The van der Waals surface area contributed by atoms with Crippen molar-refractivity contribution in [3.63, 3.8) is 0 Å². The second kappa shape index (κ2) is 8.44. The van der Waals surface area contributed by atoms with Crippen LogP contribution in [0.3, 0.4) is 0 Å². The minimum absolute atomic E-state index is 0.0392. The summed E-state index contributed by atoms with van der Waals surface area (Å²) in [5.41, 5.74) is 3.22. The third kappa shape index (κ3) is 4.53. The second-order valence-corrected chi connectivity index (χ2v) is 8.18. The van der Waals surface area contributed by atoms with Gasteiger partial charge in [-0.3, -0.25) is 14.3 Å². The number of rotatable bonds is 7. The van der Waals surface area contributed by atoms with Gasteiger partial charge in [0.15, 0.2) is 0 Å². The van der Waals surface area contributed by atoms with Crippen LogP contribution in [-0.2, 0) is 27.9 Å². The molecule has 2 aliphatic carbocycles. The monoisotopic (exact) mass is 375 g/mol. The van der Waals surface area contributed by atoms with E-state index in [9.17, 15) is 9.59 Å². The predicted octanol–water partition coefficient (Wildman–Crippen LogP) is 3.15. The van der Waals surface area contributed by atoms with Crippen molar-refractivity contribution in [2.75, 3.05) is 13.2 Å². The van der Waals surface area contributed by atoms with Gasteiger partial charge in [-0.15, -0.1) is 0 Å². The van der Waals surface area contributed by atoms with E-state index in [1.165, 1.54) is 6.42 Å². The van der Waals surface area contributed by atoms with E-state index in [1.807, 2.05) is 30.5 Å². The molecule has 27 heavy (non-hydrogen) atoms. The number of hydrogen-bond acceptors (Lipinski definition) is 4. The van der Waals surface area contributed by atoms with E-state index in [0.29, 0.717) is 19.7 Å². The molecule has 2 aliphatic rings. The summed E-state index contributed by atoms with van der Waals surface area (Å²) < 4.78 is 7.04. The first-order chi connectivity index (χ1) is 12.9. The van der Waals surface area contributed by atoms with Crippen LogP contribution >= 0.6 is 0 Å². The fraction of sp³-hybridized carbons (Fsp3) is 0.762. The Balaban J connectivity index is 1.72. The topological polar surface area (TPSA) is 64.4 Å². The van der Waals surface area contributed by atoms with Crippen LogP contribution in [0.15, 0.2) is 0 Å². The van der Waals surface area contributed by atoms with Crippen LogP contribution in [0.1, 0.15) is 62.4 Å².